The molecular weight excluding hydrogens is 98.9 g/mol. The normalized spacial score (nSPS) is 6.88. The fraction of sp³-hybridized carbons (Fsp3) is 0. The van der Waals surface area contributed by atoms with E-state index in [9.17, 15) is 0 Å². The maximum atomic E-state index is 8.15. The lowest BCUT2D eigenvalue weighted by Crippen LogP contribution is -1.64. The standard InChI is InChI=1S/C5H4N2.B/c6-4-5-2-1-3-7-5;/h1-3,7H;. The summed E-state index contributed by atoms with van der Waals surface area (Å²) in [4.78, 5) is 2.73. The molecule has 0 aliphatic rings. The minimum absolute atomic E-state index is 0. The minimum atomic E-state index is 0. The molecule has 8 heavy (non-hydrogen) atoms. The summed E-state index contributed by atoms with van der Waals surface area (Å²) in [7, 11) is 0. The highest BCUT2D eigenvalue weighted by Crippen LogP contribution is 1.87. The van der Waals surface area contributed by atoms with Gasteiger partial charge in [-0.1, -0.05) is 0 Å². The predicted octanol–water partition coefficient (Wildman–Crippen LogP) is 0.506. The van der Waals surface area contributed by atoms with Gasteiger partial charge in [0.15, 0.2) is 0 Å². The lowest BCUT2D eigenvalue weighted by Gasteiger charge is -1.66. The number of hydrogen-bond donors (Lipinski definition) is 1. The summed E-state index contributed by atoms with van der Waals surface area (Å²) in [6.45, 7) is 0. The van der Waals surface area contributed by atoms with Gasteiger partial charge < -0.3 is 4.98 Å². The molecule has 0 aliphatic carbocycles. The molecule has 0 spiro atoms. The van der Waals surface area contributed by atoms with Crippen LogP contribution in [0.4, 0.5) is 0 Å². The number of nitriles is 1. The zero-order valence-electron chi connectivity index (χ0n) is 4.26. The molecule has 1 heterocycles. The van der Waals surface area contributed by atoms with Gasteiger partial charge >= 0.3 is 0 Å². The van der Waals surface area contributed by atoms with Crippen LogP contribution < -0.4 is 0 Å². The second-order valence-corrected chi connectivity index (χ2v) is 1.20. The molecule has 0 amide bonds. The fourth-order valence-electron chi connectivity index (χ4n) is 0.400. The number of nitrogens with zero attached hydrogens (tertiary/aromatic N) is 1. The second-order valence-electron chi connectivity index (χ2n) is 1.20. The first-order valence-electron chi connectivity index (χ1n) is 1.97. The molecule has 37 valence electrons. The maximum absolute atomic E-state index is 8.15. The molecule has 0 saturated carbocycles. The fourth-order valence-corrected chi connectivity index (χ4v) is 0.400. The van der Waals surface area contributed by atoms with Crippen molar-refractivity contribution in [2.24, 2.45) is 0 Å². The molecule has 1 rings (SSSR count). The van der Waals surface area contributed by atoms with Crippen LogP contribution in [0.2, 0.25) is 0 Å². The molecule has 0 atom stereocenters. The van der Waals surface area contributed by atoms with E-state index in [0.29, 0.717) is 5.69 Å². The van der Waals surface area contributed by atoms with Gasteiger partial charge in [0, 0.05) is 14.6 Å². The Morgan fingerprint density at radius 1 is 1.62 bits per heavy atom. The number of aromatic nitrogens is 1. The SMILES string of the molecule is N#Cc1ccc[nH]1.[B]. The molecule has 2 nitrogen and oxygen atoms in total. The maximum Gasteiger partial charge on any atom is 0.117 e. The third-order valence-corrected chi connectivity index (χ3v) is 0.718. The van der Waals surface area contributed by atoms with Gasteiger partial charge in [0.05, 0.1) is 0 Å². The number of rotatable bonds is 0. The molecule has 0 aliphatic heterocycles. The van der Waals surface area contributed by atoms with Gasteiger partial charge in [0.1, 0.15) is 11.8 Å². The van der Waals surface area contributed by atoms with Crippen molar-refractivity contribution in [3.63, 3.8) is 0 Å². The van der Waals surface area contributed by atoms with Gasteiger partial charge in [0.25, 0.3) is 0 Å². The zero-order chi connectivity index (χ0) is 5.11. The van der Waals surface area contributed by atoms with E-state index in [2.05, 4.69) is 4.98 Å². The average Bonchev–Trinajstić information content (AvgIpc) is 2.14. The Labute approximate surface area is 49.7 Å². The van der Waals surface area contributed by atoms with Crippen LogP contribution in [-0.2, 0) is 0 Å². The van der Waals surface area contributed by atoms with Crippen molar-refractivity contribution in [3.8, 4) is 6.07 Å². The van der Waals surface area contributed by atoms with E-state index in [-0.39, 0.29) is 8.41 Å². The minimum Gasteiger partial charge on any atom is -0.353 e. The first-order valence-corrected chi connectivity index (χ1v) is 1.97. The highest BCUT2D eigenvalue weighted by Gasteiger charge is 1.80. The number of nitrogens with one attached hydrogen (secondary N) is 1. The number of aromatic amines is 1. The van der Waals surface area contributed by atoms with Crippen LogP contribution in [0.15, 0.2) is 18.3 Å². The summed E-state index contributed by atoms with van der Waals surface area (Å²) < 4.78 is 0. The van der Waals surface area contributed by atoms with Crippen molar-refractivity contribution in [2.45, 2.75) is 0 Å². The molecule has 1 aromatic heterocycles. The Morgan fingerprint density at radius 2 is 2.38 bits per heavy atom. The van der Waals surface area contributed by atoms with E-state index in [0.717, 1.165) is 0 Å². The van der Waals surface area contributed by atoms with Crippen LogP contribution in [0.3, 0.4) is 0 Å². The number of H-pyrrole nitrogens is 1. The summed E-state index contributed by atoms with van der Waals surface area (Å²) in [5.74, 6) is 0. The van der Waals surface area contributed by atoms with Gasteiger partial charge in [-0.15, -0.1) is 0 Å². The van der Waals surface area contributed by atoms with Crippen LogP contribution in [0.25, 0.3) is 0 Å². The van der Waals surface area contributed by atoms with Crippen molar-refractivity contribution in [1.82, 2.24) is 4.98 Å². The van der Waals surface area contributed by atoms with Crippen LogP contribution in [-0.4, -0.2) is 13.4 Å². The van der Waals surface area contributed by atoms with Gasteiger partial charge in [0.2, 0.25) is 0 Å². The van der Waals surface area contributed by atoms with Crippen molar-refractivity contribution in [1.29, 1.82) is 5.26 Å². The van der Waals surface area contributed by atoms with Gasteiger partial charge in [-0.2, -0.15) is 5.26 Å². The third kappa shape index (κ3) is 1.16. The molecule has 3 heteroatoms. The Hall–Kier alpha value is -1.17. The molecule has 0 aromatic carbocycles. The molecule has 1 aromatic rings. The van der Waals surface area contributed by atoms with E-state index in [1.807, 2.05) is 6.07 Å². The number of hydrogen-bond acceptors (Lipinski definition) is 1. The van der Waals surface area contributed by atoms with E-state index >= 15 is 0 Å². The topological polar surface area (TPSA) is 39.6 Å². The van der Waals surface area contributed by atoms with E-state index in [1.165, 1.54) is 0 Å². The highest BCUT2D eigenvalue weighted by atomic mass is 14.7. The van der Waals surface area contributed by atoms with E-state index in [4.69, 9.17) is 5.26 Å². The third-order valence-electron chi connectivity index (χ3n) is 0.718. The van der Waals surface area contributed by atoms with Crippen LogP contribution in [0, 0.1) is 11.3 Å². The van der Waals surface area contributed by atoms with Gasteiger partial charge in [-0.05, 0) is 12.1 Å². The first kappa shape index (κ1) is 6.83. The zero-order valence-corrected chi connectivity index (χ0v) is 4.26. The molecule has 3 radical (unpaired) electrons. The Bertz CT molecular complexity index is 173. The summed E-state index contributed by atoms with van der Waals surface area (Å²) in [5.41, 5.74) is 0.611. The molecule has 0 unspecified atom stereocenters. The Morgan fingerprint density at radius 3 is 2.62 bits per heavy atom. The quantitative estimate of drug-likeness (QED) is 0.477. The lowest BCUT2D eigenvalue weighted by atomic mass is 10.5. The summed E-state index contributed by atoms with van der Waals surface area (Å²) in [6.07, 6.45) is 1.72. The first-order chi connectivity index (χ1) is 3.43. The van der Waals surface area contributed by atoms with E-state index < -0.39 is 0 Å². The summed E-state index contributed by atoms with van der Waals surface area (Å²) >= 11 is 0. The summed E-state index contributed by atoms with van der Waals surface area (Å²) in [5, 5.41) is 8.15. The van der Waals surface area contributed by atoms with Crippen molar-refractivity contribution in [3.05, 3.63) is 24.0 Å². The van der Waals surface area contributed by atoms with Crippen molar-refractivity contribution in [2.75, 3.05) is 0 Å². The van der Waals surface area contributed by atoms with Gasteiger partial charge in [-0.3, -0.25) is 0 Å². The molecular formula is C5H4BN2. The highest BCUT2D eigenvalue weighted by molar-refractivity contribution is 5.75. The second kappa shape index (κ2) is 2.92. The Balaban J connectivity index is 0.000000490. The smallest absolute Gasteiger partial charge is 0.117 e. The van der Waals surface area contributed by atoms with Crippen LogP contribution >= 0.6 is 0 Å². The van der Waals surface area contributed by atoms with Crippen molar-refractivity contribution >= 4 is 8.41 Å². The largest absolute Gasteiger partial charge is 0.353 e. The average molecular weight is 103 g/mol. The van der Waals surface area contributed by atoms with E-state index in [1.54, 1.807) is 18.3 Å². The Kier molecular flexibility index (Phi) is 2.49. The molecule has 0 fully saturated rings. The van der Waals surface area contributed by atoms with Crippen LogP contribution in [0.1, 0.15) is 5.69 Å². The molecule has 1 N–H and O–H groups in total. The summed E-state index contributed by atoms with van der Waals surface area (Å²) in [6, 6.07) is 5.46. The monoisotopic (exact) mass is 103 g/mol. The predicted molar refractivity (Wildman–Crippen MR) is 31.3 cm³/mol. The van der Waals surface area contributed by atoms with Gasteiger partial charge in [-0.25, -0.2) is 0 Å². The molecule has 0 saturated heterocycles. The van der Waals surface area contributed by atoms with Crippen LogP contribution in [0.5, 0.6) is 0 Å². The molecule has 0 bridgehead atoms. The lowest BCUT2D eigenvalue weighted by molar-refractivity contribution is 1.33. The van der Waals surface area contributed by atoms with Crippen molar-refractivity contribution < 1.29 is 0 Å².